The summed E-state index contributed by atoms with van der Waals surface area (Å²) in [5, 5.41) is 13.4. The van der Waals surface area contributed by atoms with Crippen molar-refractivity contribution in [2.24, 2.45) is 5.41 Å². The molecule has 2 aliphatic rings. The summed E-state index contributed by atoms with van der Waals surface area (Å²) in [6, 6.07) is 2.13. The van der Waals surface area contributed by atoms with Gasteiger partial charge in [-0.1, -0.05) is 20.8 Å². The number of nitriles is 1. The van der Waals surface area contributed by atoms with Crippen LogP contribution in [0.15, 0.2) is 11.3 Å². The highest BCUT2D eigenvalue weighted by Gasteiger charge is 2.40. The molecule has 0 amide bonds. The molecule has 1 aromatic heterocycles. The second-order valence-corrected chi connectivity index (χ2v) is 7.40. The summed E-state index contributed by atoms with van der Waals surface area (Å²) in [7, 11) is 0. The van der Waals surface area contributed by atoms with Gasteiger partial charge in [-0.15, -0.1) is 11.3 Å². The van der Waals surface area contributed by atoms with Crippen LogP contribution in [-0.2, 0) is 4.79 Å². The van der Waals surface area contributed by atoms with Gasteiger partial charge in [-0.05, 0) is 11.8 Å². The number of nitrogens with zero attached hydrogens (tertiary/aromatic N) is 1. The van der Waals surface area contributed by atoms with Gasteiger partial charge in [0, 0.05) is 29.2 Å². The van der Waals surface area contributed by atoms with Crippen molar-refractivity contribution in [2.75, 3.05) is 11.1 Å². The van der Waals surface area contributed by atoms with Crippen molar-refractivity contribution in [1.29, 1.82) is 5.26 Å². The zero-order valence-electron chi connectivity index (χ0n) is 11.8. The van der Waals surface area contributed by atoms with Gasteiger partial charge in [0.1, 0.15) is 10.9 Å². The van der Waals surface area contributed by atoms with Gasteiger partial charge in [0.05, 0.1) is 10.7 Å². The summed E-state index contributed by atoms with van der Waals surface area (Å²) in [6.45, 7) is 6.23. The van der Waals surface area contributed by atoms with Gasteiger partial charge in [0.15, 0.2) is 5.78 Å². The van der Waals surface area contributed by atoms with Crippen molar-refractivity contribution in [2.45, 2.75) is 39.5 Å². The number of hydrogen-bond donors (Lipinski definition) is 2. The molecule has 2 heterocycles. The number of carbonyl (C=O) groups excluding carboxylic acids is 1. The highest BCUT2D eigenvalue weighted by atomic mass is 32.1. The molecule has 3 rings (SSSR count). The van der Waals surface area contributed by atoms with Crippen LogP contribution in [0.1, 0.15) is 50.0 Å². The van der Waals surface area contributed by atoms with Crippen LogP contribution in [0.5, 0.6) is 0 Å². The van der Waals surface area contributed by atoms with E-state index in [1.54, 1.807) is 0 Å². The van der Waals surface area contributed by atoms with E-state index >= 15 is 0 Å². The fourth-order valence-corrected chi connectivity index (χ4v) is 4.33. The van der Waals surface area contributed by atoms with Gasteiger partial charge in [0.2, 0.25) is 0 Å². The molecule has 0 bridgehead atoms. The zero-order chi connectivity index (χ0) is 14.7. The molecule has 0 fully saturated rings. The Balaban J connectivity index is 2.13. The molecule has 1 aliphatic carbocycles. The van der Waals surface area contributed by atoms with E-state index in [4.69, 9.17) is 11.0 Å². The number of fused-ring (bicyclic) bond motifs is 1. The number of carbonyl (C=O) groups is 1. The third-order valence-corrected chi connectivity index (χ3v) is 5.18. The van der Waals surface area contributed by atoms with E-state index in [0.717, 1.165) is 28.3 Å². The van der Waals surface area contributed by atoms with E-state index in [2.05, 4.69) is 25.2 Å². The van der Waals surface area contributed by atoms with E-state index in [-0.39, 0.29) is 17.1 Å². The maximum absolute atomic E-state index is 12.5. The van der Waals surface area contributed by atoms with Crippen LogP contribution in [0, 0.1) is 16.7 Å². The molecular weight excluding hydrogens is 270 g/mol. The van der Waals surface area contributed by atoms with Crippen molar-refractivity contribution in [1.82, 2.24) is 0 Å². The monoisotopic (exact) mass is 287 g/mol. The van der Waals surface area contributed by atoms with Crippen LogP contribution in [0.3, 0.4) is 0 Å². The number of rotatable bonds is 0. The molecule has 5 heteroatoms. The lowest BCUT2D eigenvalue weighted by molar-refractivity contribution is -0.118. The van der Waals surface area contributed by atoms with E-state index in [1.807, 2.05) is 6.92 Å². The first-order valence-electron chi connectivity index (χ1n) is 6.69. The maximum atomic E-state index is 12.5. The minimum Gasteiger partial charge on any atom is -0.397 e. The number of hydrogen-bond acceptors (Lipinski definition) is 5. The Morgan fingerprint density at radius 2 is 2.15 bits per heavy atom. The first-order valence-corrected chi connectivity index (χ1v) is 7.51. The number of nitrogens with two attached hydrogens (primary N) is 1. The zero-order valence-corrected chi connectivity index (χ0v) is 12.6. The topological polar surface area (TPSA) is 78.9 Å². The van der Waals surface area contributed by atoms with Crippen LogP contribution in [0.25, 0.3) is 0 Å². The van der Waals surface area contributed by atoms with Crippen LogP contribution in [0.2, 0.25) is 0 Å². The lowest BCUT2D eigenvalue weighted by Crippen LogP contribution is -2.32. The molecule has 1 unspecified atom stereocenters. The lowest BCUT2D eigenvalue weighted by Gasteiger charge is -2.37. The molecule has 0 spiro atoms. The van der Waals surface area contributed by atoms with E-state index in [0.29, 0.717) is 17.0 Å². The Bertz CT molecular complexity index is 691. The molecule has 0 saturated heterocycles. The molecule has 0 aromatic carbocycles. The second kappa shape index (κ2) is 4.10. The number of thiophene rings is 1. The maximum Gasteiger partial charge on any atom is 0.161 e. The van der Waals surface area contributed by atoms with Gasteiger partial charge in [-0.25, -0.2) is 0 Å². The number of Topliss-reactive ketones (excluding diaryl/α,β-unsaturated/α-hetero) is 1. The quantitative estimate of drug-likeness (QED) is 0.766. The highest BCUT2D eigenvalue weighted by molar-refractivity contribution is 7.17. The Morgan fingerprint density at radius 1 is 1.45 bits per heavy atom. The van der Waals surface area contributed by atoms with Crippen molar-refractivity contribution in [3.05, 3.63) is 21.7 Å². The molecule has 104 valence electrons. The number of nitrogens with one attached hydrogen (secondary N) is 1. The Kier molecular flexibility index (Phi) is 2.70. The van der Waals surface area contributed by atoms with Crippen molar-refractivity contribution in [3.8, 4) is 6.07 Å². The summed E-state index contributed by atoms with van der Waals surface area (Å²) in [5.74, 6) is 0.175. The lowest BCUT2D eigenvalue weighted by atomic mass is 9.71. The third kappa shape index (κ3) is 1.75. The minimum atomic E-state index is -0.0248. The van der Waals surface area contributed by atoms with Crippen LogP contribution >= 0.6 is 11.3 Å². The van der Waals surface area contributed by atoms with Crippen molar-refractivity contribution < 1.29 is 4.79 Å². The average Bonchev–Trinajstić information content (AvgIpc) is 2.63. The number of ketones is 1. The highest BCUT2D eigenvalue weighted by Crippen LogP contribution is 2.51. The van der Waals surface area contributed by atoms with Gasteiger partial charge < -0.3 is 11.1 Å². The molecule has 4 nitrogen and oxygen atoms in total. The predicted molar refractivity (Wildman–Crippen MR) is 80.5 cm³/mol. The summed E-state index contributed by atoms with van der Waals surface area (Å²) in [4.78, 5) is 13.0. The first-order chi connectivity index (χ1) is 9.34. The number of anilines is 2. The van der Waals surface area contributed by atoms with E-state index in [9.17, 15) is 4.79 Å². The fourth-order valence-electron chi connectivity index (χ4n) is 3.29. The van der Waals surface area contributed by atoms with Crippen LogP contribution in [0.4, 0.5) is 10.7 Å². The number of allylic oxidation sites excluding steroid dienone is 2. The first kappa shape index (κ1) is 13.2. The fraction of sp³-hybridized carbons (Fsp3) is 0.467. The second-order valence-electron chi connectivity index (χ2n) is 6.38. The van der Waals surface area contributed by atoms with E-state index < -0.39 is 0 Å². The summed E-state index contributed by atoms with van der Waals surface area (Å²) < 4.78 is 0. The van der Waals surface area contributed by atoms with Crippen LogP contribution < -0.4 is 11.1 Å². The number of nitrogen functional groups attached to an aromatic ring is 1. The summed E-state index contributed by atoms with van der Waals surface area (Å²) in [6.07, 6.45) is 1.43. The summed E-state index contributed by atoms with van der Waals surface area (Å²) in [5.41, 5.74) is 9.35. The third-order valence-electron chi connectivity index (χ3n) is 4.14. The van der Waals surface area contributed by atoms with Gasteiger partial charge in [-0.2, -0.15) is 5.26 Å². The SMILES string of the molecule is CC1C2=C(CC(C)(C)CC2=O)Nc2sc(C#N)c(N)c21. The smallest absolute Gasteiger partial charge is 0.161 e. The van der Waals surface area contributed by atoms with Crippen molar-refractivity contribution in [3.63, 3.8) is 0 Å². The van der Waals surface area contributed by atoms with E-state index in [1.165, 1.54) is 11.3 Å². The minimum absolute atomic E-state index is 0.0129. The standard InChI is InChI=1S/C15H17N3OS/c1-7-11-8(4-15(2,3)5-9(11)19)18-14-12(7)13(17)10(6-16)20-14/h7,18H,4-5,17H2,1-3H3. The molecule has 0 radical (unpaired) electrons. The van der Waals surface area contributed by atoms with Crippen LogP contribution in [-0.4, -0.2) is 5.78 Å². The van der Waals surface area contributed by atoms with Crippen molar-refractivity contribution >= 4 is 27.8 Å². The molecule has 20 heavy (non-hydrogen) atoms. The molecule has 1 aromatic rings. The molecule has 1 atom stereocenters. The van der Waals surface area contributed by atoms with Gasteiger partial charge >= 0.3 is 0 Å². The Labute approximate surface area is 122 Å². The molecule has 1 aliphatic heterocycles. The normalized spacial score (nSPS) is 23.7. The largest absolute Gasteiger partial charge is 0.397 e. The molecule has 0 saturated carbocycles. The summed E-state index contributed by atoms with van der Waals surface area (Å²) >= 11 is 1.38. The Hall–Kier alpha value is -1.80. The Morgan fingerprint density at radius 3 is 2.80 bits per heavy atom. The molecule has 3 N–H and O–H groups in total. The predicted octanol–water partition coefficient (Wildman–Crippen LogP) is 3.37. The van der Waals surface area contributed by atoms with Gasteiger partial charge in [-0.3, -0.25) is 4.79 Å². The van der Waals surface area contributed by atoms with Gasteiger partial charge in [0.25, 0.3) is 0 Å². The molecular formula is C15H17N3OS. The average molecular weight is 287 g/mol.